The number of pyridine rings is 1. The van der Waals surface area contributed by atoms with Crippen molar-refractivity contribution < 1.29 is 14.2 Å². The lowest BCUT2D eigenvalue weighted by atomic mass is 10.0. The molecule has 1 aliphatic heterocycles. The van der Waals surface area contributed by atoms with Crippen LogP contribution in [0.5, 0.6) is 11.5 Å². The molecule has 1 saturated carbocycles. The van der Waals surface area contributed by atoms with Gasteiger partial charge >= 0.3 is 0 Å². The first-order valence-electron chi connectivity index (χ1n) is 12.7. The first-order chi connectivity index (χ1) is 16.5. The molecular formula is C28H38N3O3+. The standard InChI is InChI=1S/C28H38N3O3/c1-6-22-28(31(3,18-20-10-11-20)21-12-14-34-15-13-21)24-9-7-8-23(30(24)29-22)27-25(32-4)16-19(2)17-26(27)33-5/h7-9,16-17,20-21H,6,10-15,18H2,1-5H3/q+1. The summed E-state index contributed by atoms with van der Waals surface area (Å²) in [4.78, 5) is 0. The van der Waals surface area contributed by atoms with E-state index in [0.717, 1.165) is 71.2 Å². The van der Waals surface area contributed by atoms with Gasteiger partial charge in [-0.2, -0.15) is 5.10 Å². The molecule has 6 nitrogen and oxygen atoms in total. The Morgan fingerprint density at radius 3 is 2.32 bits per heavy atom. The lowest BCUT2D eigenvalue weighted by Crippen LogP contribution is -2.57. The van der Waals surface area contributed by atoms with Gasteiger partial charge in [0.1, 0.15) is 22.7 Å². The molecule has 0 bridgehead atoms. The average molecular weight is 465 g/mol. The van der Waals surface area contributed by atoms with Gasteiger partial charge in [0, 0.05) is 18.8 Å². The van der Waals surface area contributed by atoms with Crippen molar-refractivity contribution in [1.82, 2.24) is 14.1 Å². The molecule has 3 heterocycles. The minimum Gasteiger partial charge on any atom is -0.496 e. The van der Waals surface area contributed by atoms with Gasteiger partial charge in [-0.3, -0.25) is 4.48 Å². The number of aryl methyl sites for hydroxylation is 2. The van der Waals surface area contributed by atoms with Crippen molar-refractivity contribution in [3.8, 4) is 22.8 Å². The second-order valence-electron chi connectivity index (χ2n) is 10.1. The number of ether oxygens (including phenoxy) is 3. The van der Waals surface area contributed by atoms with E-state index in [-0.39, 0.29) is 0 Å². The summed E-state index contributed by atoms with van der Waals surface area (Å²) in [5.41, 5.74) is 6.81. The van der Waals surface area contributed by atoms with Crippen LogP contribution in [-0.2, 0) is 11.2 Å². The monoisotopic (exact) mass is 464 g/mol. The third kappa shape index (κ3) is 3.97. The van der Waals surface area contributed by atoms with Crippen LogP contribution in [0, 0.1) is 12.8 Å². The highest BCUT2D eigenvalue weighted by Crippen LogP contribution is 2.44. The normalized spacial score (nSPS) is 18.7. The topological polar surface area (TPSA) is 45.0 Å². The van der Waals surface area contributed by atoms with Crippen molar-refractivity contribution in [3.63, 3.8) is 0 Å². The maximum Gasteiger partial charge on any atom is 0.182 e. The maximum absolute atomic E-state index is 5.82. The van der Waals surface area contributed by atoms with Gasteiger partial charge in [0.15, 0.2) is 5.69 Å². The second kappa shape index (κ2) is 9.23. The third-order valence-electron chi connectivity index (χ3n) is 7.78. The van der Waals surface area contributed by atoms with Crippen LogP contribution in [0.2, 0.25) is 0 Å². The molecule has 2 fully saturated rings. The van der Waals surface area contributed by atoms with E-state index in [2.05, 4.69) is 55.7 Å². The summed E-state index contributed by atoms with van der Waals surface area (Å²) >= 11 is 0. The van der Waals surface area contributed by atoms with Gasteiger partial charge < -0.3 is 14.2 Å². The highest BCUT2D eigenvalue weighted by molar-refractivity contribution is 5.82. The van der Waals surface area contributed by atoms with Crippen LogP contribution in [0.15, 0.2) is 30.3 Å². The number of hydrogen-bond acceptors (Lipinski definition) is 4. The first-order valence-corrected chi connectivity index (χ1v) is 12.7. The molecule has 0 N–H and O–H groups in total. The number of quaternary nitrogens is 1. The Bertz CT molecular complexity index is 1150. The van der Waals surface area contributed by atoms with Crippen molar-refractivity contribution in [3.05, 3.63) is 41.6 Å². The first kappa shape index (κ1) is 23.2. The molecule has 182 valence electrons. The molecule has 5 rings (SSSR count). The third-order valence-corrected chi connectivity index (χ3v) is 7.78. The second-order valence-corrected chi connectivity index (χ2v) is 10.1. The molecule has 0 radical (unpaired) electrons. The molecule has 1 aromatic carbocycles. The van der Waals surface area contributed by atoms with Gasteiger partial charge in [-0.05, 0) is 56.0 Å². The van der Waals surface area contributed by atoms with Gasteiger partial charge in [0.05, 0.1) is 58.3 Å². The summed E-state index contributed by atoms with van der Waals surface area (Å²) in [5, 5.41) is 5.23. The lowest BCUT2D eigenvalue weighted by molar-refractivity contribution is 0.0436. The quantitative estimate of drug-likeness (QED) is 0.418. The van der Waals surface area contributed by atoms with E-state index in [4.69, 9.17) is 19.3 Å². The van der Waals surface area contributed by atoms with Crippen LogP contribution < -0.4 is 14.0 Å². The average Bonchev–Trinajstić information content (AvgIpc) is 3.58. The summed E-state index contributed by atoms with van der Waals surface area (Å²) < 4.78 is 20.5. The largest absolute Gasteiger partial charge is 0.496 e. The summed E-state index contributed by atoms with van der Waals surface area (Å²) in [6.07, 6.45) is 5.80. The van der Waals surface area contributed by atoms with Crippen molar-refractivity contribution >= 4 is 11.2 Å². The van der Waals surface area contributed by atoms with Crippen LogP contribution in [0.3, 0.4) is 0 Å². The number of aromatic nitrogens is 2. The fourth-order valence-electron chi connectivity index (χ4n) is 5.90. The van der Waals surface area contributed by atoms with Gasteiger partial charge in [-0.15, -0.1) is 0 Å². The van der Waals surface area contributed by atoms with Crippen LogP contribution >= 0.6 is 0 Å². The molecule has 0 spiro atoms. The molecule has 3 aromatic rings. The van der Waals surface area contributed by atoms with E-state index in [1.165, 1.54) is 36.3 Å². The molecule has 2 aromatic heterocycles. The van der Waals surface area contributed by atoms with Crippen LogP contribution in [-0.4, -0.2) is 56.7 Å². The van der Waals surface area contributed by atoms with E-state index in [9.17, 15) is 0 Å². The minimum absolute atomic E-state index is 0.555. The van der Waals surface area contributed by atoms with Gasteiger partial charge in [-0.1, -0.05) is 13.0 Å². The molecule has 1 aliphatic carbocycles. The molecule has 0 amide bonds. The number of methoxy groups -OCH3 is 2. The Labute approximate surface area is 203 Å². The van der Waals surface area contributed by atoms with Gasteiger partial charge in [0.2, 0.25) is 0 Å². The zero-order valence-electron chi connectivity index (χ0n) is 21.3. The van der Waals surface area contributed by atoms with E-state index >= 15 is 0 Å². The highest BCUT2D eigenvalue weighted by atomic mass is 16.5. The Morgan fingerprint density at radius 1 is 1.06 bits per heavy atom. The molecule has 1 saturated heterocycles. The predicted molar refractivity (Wildman–Crippen MR) is 137 cm³/mol. The Hall–Kier alpha value is -2.57. The number of rotatable bonds is 8. The fourth-order valence-corrected chi connectivity index (χ4v) is 5.90. The number of hydrogen-bond donors (Lipinski definition) is 0. The molecule has 2 aliphatic rings. The SMILES string of the molecule is CCc1nn2c(-c3c(OC)cc(C)cc3OC)cccc2c1[N+](C)(CC1CC1)C1CCOCC1. The van der Waals surface area contributed by atoms with Gasteiger partial charge in [-0.25, -0.2) is 4.52 Å². The van der Waals surface area contributed by atoms with Crippen molar-refractivity contribution in [2.45, 2.75) is 52.0 Å². The van der Waals surface area contributed by atoms with Crippen LogP contribution in [0.1, 0.15) is 43.9 Å². The van der Waals surface area contributed by atoms with Crippen LogP contribution in [0.25, 0.3) is 16.8 Å². The van der Waals surface area contributed by atoms with Crippen molar-refractivity contribution in [1.29, 1.82) is 0 Å². The minimum atomic E-state index is 0.555. The molecule has 34 heavy (non-hydrogen) atoms. The fraction of sp³-hybridized carbons (Fsp3) is 0.536. The smallest absolute Gasteiger partial charge is 0.182 e. The zero-order chi connectivity index (χ0) is 23.9. The molecule has 1 unspecified atom stereocenters. The Balaban J connectivity index is 1.74. The van der Waals surface area contributed by atoms with E-state index in [0.29, 0.717) is 6.04 Å². The molecular weight excluding hydrogens is 426 g/mol. The molecule has 1 atom stereocenters. The van der Waals surface area contributed by atoms with Crippen molar-refractivity contribution in [2.24, 2.45) is 5.92 Å². The van der Waals surface area contributed by atoms with E-state index < -0.39 is 0 Å². The number of fused-ring (bicyclic) bond motifs is 1. The predicted octanol–water partition coefficient (Wildman–Crippen LogP) is 5.42. The summed E-state index contributed by atoms with van der Waals surface area (Å²) in [6.45, 7) is 7.18. The zero-order valence-corrected chi connectivity index (χ0v) is 21.3. The van der Waals surface area contributed by atoms with Gasteiger partial charge in [0.25, 0.3) is 0 Å². The van der Waals surface area contributed by atoms with Crippen LogP contribution in [0.4, 0.5) is 5.69 Å². The molecule has 6 heteroatoms. The lowest BCUT2D eigenvalue weighted by Gasteiger charge is -2.43. The van der Waals surface area contributed by atoms with Crippen molar-refractivity contribution in [2.75, 3.05) is 41.0 Å². The number of nitrogens with zero attached hydrogens (tertiary/aromatic N) is 3. The Kier molecular flexibility index (Phi) is 6.30. The summed E-state index contributed by atoms with van der Waals surface area (Å²) in [6, 6.07) is 11.2. The Morgan fingerprint density at radius 2 is 1.74 bits per heavy atom. The summed E-state index contributed by atoms with van der Waals surface area (Å²) in [7, 11) is 5.89. The maximum atomic E-state index is 5.82. The highest BCUT2D eigenvalue weighted by Gasteiger charge is 2.44. The van der Waals surface area contributed by atoms with E-state index in [1.54, 1.807) is 14.2 Å². The number of benzene rings is 1. The van der Waals surface area contributed by atoms with E-state index in [1.807, 2.05) is 0 Å². The summed E-state index contributed by atoms with van der Waals surface area (Å²) in [5.74, 6) is 2.42.